The van der Waals surface area contributed by atoms with Gasteiger partial charge in [0.05, 0.1) is 6.04 Å². The van der Waals surface area contributed by atoms with Gasteiger partial charge in [-0.1, -0.05) is 24.3 Å². The van der Waals surface area contributed by atoms with E-state index in [0.29, 0.717) is 18.4 Å². The average Bonchev–Trinajstić information content (AvgIpc) is 2.52. The third-order valence-corrected chi connectivity index (χ3v) is 4.24. The van der Waals surface area contributed by atoms with Crippen LogP contribution in [-0.4, -0.2) is 9.24 Å². The van der Waals surface area contributed by atoms with Gasteiger partial charge >= 0.3 is 5.69 Å². The molecule has 122 valence electrons. The van der Waals surface area contributed by atoms with Crippen LogP contribution in [0.25, 0.3) is 0 Å². The normalized spacial score (nSPS) is 20.3. The van der Waals surface area contributed by atoms with Crippen molar-refractivity contribution in [3.63, 3.8) is 0 Å². The Labute approximate surface area is 133 Å². The Morgan fingerprint density at radius 1 is 1.13 bits per heavy atom. The first-order valence-corrected chi connectivity index (χ1v) is 7.82. The van der Waals surface area contributed by atoms with Crippen LogP contribution in [0.3, 0.4) is 0 Å². The van der Waals surface area contributed by atoms with Crippen LogP contribution in [0, 0.1) is 0 Å². The van der Waals surface area contributed by atoms with Crippen molar-refractivity contribution in [2.24, 2.45) is 0 Å². The van der Waals surface area contributed by atoms with E-state index in [1.165, 1.54) is 21.5 Å². The van der Waals surface area contributed by atoms with Crippen molar-refractivity contribution >= 4 is 0 Å². The third kappa shape index (κ3) is 2.81. The summed E-state index contributed by atoms with van der Waals surface area (Å²) in [7, 11) is 0. The van der Waals surface area contributed by atoms with E-state index in [4.69, 9.17) is 0 Å². The maximum absolute atomic E-state index is 14.0. The van der Waals surface area contributed by atoms with E-state index < -0.39 is 11.9 Å². The molecule has 2 unspecified atom stereocenters. The lowest BCUT2D eigenvalue weighted by molar-refractivity contribution is 0.288. The molecule has 0 aliphatic heterocycles. The zero-order chi connectivity index (χ0) is 16.6. The molecule has 0 bridgehead atoms. The predicted octanol–water partition coefficient (Wildman–Crippen LogP) is 2.68. The Balaban J connectivity index is 1.98. The molecular weight excluding hydrogens is 297 g/mol. The molecule has 5 nitrogen and oxygen atoms in total. The fourth-order valence-corrected chi connectivity index (χ4v) is 3.11. The van der Waals surface area contributed by atoms with Crippen molar-refractivity contribution in [3.8, 4) is 0 Å². The van der Waals surface area contributed by atoms with E-state index in [-0.39, 0.29) is 17.6 Å². The molecule has 1 aromatic carbocycles. The minimum Gasteiger partial charge on any atom is -0.314 e. The van der Waals surface area contributed by atoms with Crippen LogP contribution >= 0.6 is 0 Å². The van der Waals surface area contributed by atoms with Gasteiger partial charge in [-0.3, -0.25) is 9.36 Å². The van der Waals surface area contributed by atoms with Crippen LogP contribution < -0.4 is 16.7 Å². The van der Waals surface area contributed by atoms with Gasteiger partial charge in [0, 0.05) is 18.3 Å². The summed E-state index contributed by atoms with van der Waals surface area (Å²) in [5, 5.41) is 0. The summed E-state index contributed by atoms with van der Waals surface area (Å²) in [6, 6.07) is 8.32. The van der Waals surface area contributed by atoms with Crippen LogP contribution in [0.4, 0.5) is 4.39 Å². The summed E-state index contributed by atoms with van der Waals surface area (Å²) in [4.78, 5) is 24.3. The van der Waals surface area contributed by atoms with Crippen LogP contribution in [0.15, 0.2) is 46.1 Å². The van der Waals surface area contributed by atoms with Crippen LogP contribution in [0.2, 0.25) is 0 Å². The lowest BCUT2D eigenvalue weighted by Crippen LogP contribution is -2.44. The topological polar surface area (TPSA) is 56.0 Å². The first-order chi connectivity index (χ1) is 11.0. The minimum atomic E-state index is -0.967. The molecule has 1 aliphatic carbocycles. The number of nitrogens with zero attached hydrogens (tertiary/aromatic N) is 2. The molecule has 0 saturated carbocycles. The van der Waals surface area contributed by atoms with Crippen molar-refractivity contribution in [2.45, 2.75) is 44.9 Å². The molecule has 2 atom stereocenters. The van der Waals surface area contributed by atoms with E-state index >= 15 is 0 Å². The van der Waals surface area contributed by atoms with Gasteiger partial charge in [-0.15, -0.1) is 0 Å². The zero-order valence-corrected chi connectivity index (χ0v) is 13.2. The number of alkyl halides is 1. The van der Waals surface area contributed by atoms with Crippen LogP contribution in [-0.2, 0) is 0 Å². The number of rotatable bonds is 3. The maximum atomic E-state index is 14.0. The molecule has 2 aromatic rings. The smallest absolute Gasteiger partial charge is 0.314 e. The Bertz CT molecular complexity index is 825. The summed E-state index contributed by atoms with van der Waals surface area (Å²) < 4.78 is 16.6. The molecule has 6 heteroatoms. The van der Waals surface area contributed by atoms with E-state index in [0.717, 1.165) is 5.56 Å². The highest BCUT2D eigenvalue weighted by Crippen LogP contribution is 2.38. The fourth-order valence-electron chi connectivity index (χ4n) is 3.11. The van der Waals surface area contributed by atoms with E-state index in [1.807, 2.05) is 18.2 Å². The van der Waals surface area contributed by atoms with Gasteiger partial charge in [-0.25, -0.2) is 13.9 Å². The van der Waals surface area contributed by atoms with E-state index in [2.05, 4.69) is 5.43 Å². The highest BCUT2D eigenvalue weighted by atomic mass is 19.1. The quantitative estimate of drug-likeness (QED) is 0.947. The summed E-state index contributed by atoms with van der Waals surface area (Å²) >= 11 is 0. The zero-order valence-electron chi connectivity index (χ0n) is 13.2. The number of halogens is 1. The molecule has 1 heterocycles. The second-order valence-corrected chi connectivity index (χ2v) is 6.13. The summed E-state index contributed by atoms with van der Waals surface area (Å²) in [6.07, 6.45) is 1.47. The van der Waals surface area contributed by atoms with Gasteiger partial charge in [0.25, 0.3) is 5.56 Å². The maximum Gasteiger partial charge on any atom is 0.349 e. The summed E-state index contributed by atoms with van der Waals surface area (Å²) in [6.45, 7) is 3.58. The summed E-state index contributed by atoms with van der Waals surface area (Å²) in [5.74, 6) is 0. The van der Waals surface area contributed by atoms with Crippen molar-refractivity contribution in [1.29, 1.82) is 0 Å². The molecule has 1 N–H and O–H groups in total. The van der Waals surface area contributed by atoms with Crippen molar-refractivity contribution in [3.05, 3.63) is 68.5 Å². The molecule has 0 saturated heterocycles. The first kappa shape index (κ1) is 15.5. The molecule has 3 rings (SSSR count). The van der Waals surface area contributed by atoms with Crippen LogP contribution in [0.1, 0.15) is 56.1 Å². The Morgan fingerprint density at radius 3 is 2.52 bits per heavy atom. The second-order valence-electron chi connectivity index (χ2n) is 6.13. The lowest BCUT2D eigenvalue weighted by Gasteiger charge is -2.29. The number of hydrogen-bond acceptors (Lipinski definition) is 3. The highest BCUT2D eigenvalue weighted by Gasteiger charge is 2.27. The number of hydrogen-bond donors (Lipinski definition) is 1. The summed E-state index contributed by atoms with van der Waals surface area (Å²) in [5.41, 5.74) is 3.92. The molecule has 0 radical (unpaired) electrons. The van der Waals surface area contributed by atoms with Gasteiger partial charge in [-0.05, 0) is 37.8 Å². The molecule has 0 spiro atoms. The average molecular weight is 317 g/mol. The molecular formula is C17H20FN3O2. The first-order valence-electron chi connectivity index (χ1n) is 7.82. The number of nitrogens with one attached hydrogen (secondary N) is 1. The van der Waals surface area contributed by atoms with Gasteiger partial charge in [0.2, 0.25) is 0 Å². The largest absolute Gasteiger partial charge is 0.349 e. The van der Waals surface area contributed by atoms with E-state index in [9.17, 15) is 14.0 Å². The molecule has 1 aliphatic rings. The highest BCUT2D eigenvalue weighted by molar-refractivity contribution is 5.35. The molecule has 0 amide bonds. The standard InChI is InChI=1S/C17H20FN3O2/c1-11(2)21-16(22)9-10-20(17(21)23)19-15-8-7-14(18)12-5-3-4-6-13(12)15/h3-6,9-11,14-15,19H,7-8H2,1-2H3. The number of benzene rings is 1. The van der Waals surface area contributed by atoms with Gasteiger partial charge in [0.15, 0.2) is 0 Å². The van der Waals surface area contributed by atoms with E-state index in [1.54, 1.807) is 19.9 Å². The van der Waals surface area contributed by atoms with Gasteiger partial charge in [-0.2, -0.15) is 0 Å². The van der Waals surface area contributed by atoms with Crippen molar-refractivity contribution in [1.82, 2.24) is 9.24 Å². The number of aromatic nitrogens is 2. The fraction of sp³-hybridized carbons (Fsp3) is 0.412. The van der Waals surface area contributed by atoms with Gasteiger partial charge in [0.1, 0.15) is 6.17 Å². The van der Waals surface area contributed by atoms with Gasteiger partial charge < -0.3 is 5.43 Å². The molecule has 1 aromatic heterocycles. The van der Waals surface area contributed by atoms with Crippen LogP contribution in [0.5, 0.6) is 0 Å². The SMILES string of the molecule is CC(C)n1c(=O)ccn(NC2CCC(F)c3ccccc32)c1=O. The Kier molecular flexibility index (Phi) is 4.07. The third-order valence-electron chi connectivity index (χ3n) is 4.24. The number of fused-ring (bicyclic) bond motifs is 1. The predicted molar refractivity (Wildman–Crippen MR) is 87.0 cm³/mol. The molecule has 0 fully saturated rings. The minimum absolute atomic E-state index is 0.158. The van der Waals surface area contributed by atoms with Crippen molar-refractivity contribution < 1.29 is 4.39 Å². The Hall–Kier alpha value is -2.37. The second kappa shape index (κ2) is 6.02. The lowest BCUT2D eigenvalue weighted by atomic mass is 9.87. The van der Waals surface area contributed by atoms with Crippen molar-refractivity contribution in [2.75, 3.05) is 5.43 Å². The monoisotopic (exact) mass is 317 g/mol. The molecule has 23 heavy (non-hydrogen) atoms. The Morgan fingerprint density at radius 2 is 1.83 bits per heavy atom.